The van der Waals surface area contributed by atoms with Gasteiger partial charge in [-0.1, -0.05) is 0 Å². The van der Waals surface area contributed by atoms with Crippen molar-refractivity contribution < 1.29 is 14.1 Å². The number of carbonyl (C=O) groups excluding carboxylic acids is 1. The Balaban J connectivity index is 1.95. The van der Waals surface area contributed by atoms with Crippen molar-refractivity contribution in [3.63, 3.8) is 0 Å². The van der Waals surface area contributed by atoms with Gasteiger partial charge in [0.1, 0.15) is 5.82 Å². The summed E-state index contributed by atoms with van der Waals surface area (Å²) < 4.78 is 12.8. The quantitative estimate of drug-likeness (QED) is 0.516. The van der Waals surface area contributed by atoms with E-state index in [4.69, 9.17) is 0 Å². The van der Waals surface area contributed by atoms with Crippen molar-refractivity contribution in [2.24, 2.45) is 0 Å². The van der Waals surface area contributed by atoms with Crippen LogP contribution in [0.25, 0.3) is 0 Å². The zero-order valence-electron chi connectivity index (χ0n) is 11.7. The molecule has 0 heterocycles. The van der Waals surface area contributed by atoms with E-state index in [1.54, 1.807) is 19.1 Å². The van der Waals surface area contributed by atoms with Gasteiger partial charge in [0.25, 0.3) is 5.69 Å². The van der Waals surface area contributed by atoms with Gasteiger partial charge in [0, 0.05) is 22.7 Å². The molecule has 5 nitrogen and oxygen atoms in total. The summed E-state index contributed by atoms with van der Waals surface area (Å²) in [5.74, 6) is -0.596. The molecule has 114 valence electrons. The smallest absolute Gasteiger partial charge is 0.269 e. The monoisotopic (exact) mass is 320 g/mol. The summed E-state index contributed by atoms with van der Waals surface area (Å²) in [6.07, 6.45) is 0. The average molecular weight is 320 g/mol. The molecular formula is C15H13FN2O3S. The van der Waals surface area contributed by atoms with Gasteiger partial charge in [-0.05, 0) is 43.3 Å². The van der Waals surface area contributed by atoms with Gasteiger partial charge < -0.3 is 5.32 Å². The van der Waals surface area contributed by atoms with Crippen molar-refractivity contribution in [1.29, 1.82) is 0 Å². The minimum absolute atomic E-state index is 0.00719. The van der Waals surface area contributed by atoms with Crippen molar-refractivity contribution >= 4 is 29.0 Å². The third kappa shape index (κ3) is 4.29. The third-order valence-corrected chi connectivity index (χ3v) is 3.95. The number of hydrogen-bond donors (Lipinski definition) is 1. The van der Waals surface area contributed by atoms with E-state index in [0.717, 1.165) is 4.90 Å². The molecule has 1 atom stereocenters. The van der Waals surface area contributed by atoms with Crippen LogP contribution in [0.3, 0.4) is 0 Å². The van der Waals surface area contributed by atoms with Crippen LogP contribution in [-0.2, 0) is 4.79 Å². The van der Waals surface area contributed by atoms with Gasteiger partial charge in [0.2, 0.25) is 5.91 Å². The van der Waals surface area contributed by atoms with Crippen molar-refractivity contribution in [3.05, 3.63) is 64.5 Å². The Morgan fingerprint density at radius 2 is 1.77 bits per heavy atom. The highest BCUT2D eigenvalue weighted by Gasteiger charge is 2.15. The number of anilines is 1. The highest BCUT2D eigenvalue weighted by atomic mass is 32.2. The summed E-state index contributed by atoms with van der Waals surface area (Å²) in [4.78, 5) is 22.9. The van der Waals surface area contributed by atoms with E-state index in [-0.39, 0.29) is 17.4 Å². The Morgan fingerprint density at radius 3 is 2.32 bits per heavy atom. The highest BCUT2D eigenvalue weighted by Crippen LogP contribution is 2.26. The molecule has 2 aromatic rings. The maximum Gasteiger partial charge on any atom is 0.269 e. The maximum absolute atomic E-state index is 12.8. The summed E-state index contributed by atoms with van der Waals surface area (Å²) in [5.41, 5.74) is 0.523. The fourth-order valence-electron chi connectivity index (χ4n) is 1.68. The van der Waals surface area contributed by atoms with E-state index >= 15 is 0 Å². The summed E-state index contributed by atoms with van der Waals surface area (Å²) in [6.45, 7) is 1.73. The molecule has 1 amide bonds. The molecule has 0 bridgehead atoms. The van der Waals surface area contributed by atoms with Crippen LogP contribution in [0, 0.1) is 15.9 Å². The Labute approximate surface area is 130 Å². The second-order valence-electron chi connectivity index (χ2n) is 4.51. The van der Waals surface area contributed by atoms with Gasteiger partial charge in [-0.15, -0.1) is 11.8 Å². The molecule has 0 fully saturated rings. The number of benzene rings is 2. The van der Waals surface area contributed by atoms with Crippen molar-refractivity contribution in [1.82, 2.24) is 0 Å². The molecule has 0 aromatic heterocycles. The number of carbonyl (C=O) groups is 1. The summed E-state index contributed by atoms with van der Waals surface area (Å²) in [6, 6.07) is 11.5. The van der Waals surface area contributed by atoms with E-state index in [9.17, 15) is 19.3 Å². The first-order valence-corrected chi connectivity index (χ1v) is 7.31. The van der Waals surface area contributed by atoms with E-state index in [1.807, 2.05) is 0 Å². The van der Waals surface area contributed by atoms with Crippen LogP contribution in [0.15, 0.2) is 53.4 Å². The average Bonchev–Trinajstić information content (AvgIpc) is 2.50. The zero-order chi connectivity index (χ0) is 16.1. The SMILES string of the molecule is C[C@H](Sc1ccc([N+](=O)[O-])cc1)C(=O)Nc1ccc(F)cc1. The molecule has 0 aliphatic carbocycles. The molecule has 0 aliphatic rings. The maximum atomic E-state index is 12.8. The Kier molecular flexibility index (Phi) is 5.11. The van der Waals surface area contributed by atoms with Gasteiger partial charge in [0.15, 0.2) is 0 Å². The van der Waals surface area contributed by atoms with Crippen molar-refractivity contribution in [2.75, 3.05) is 5.32 Å². The van der Waals surface area contributed by atoms with Crippen molar-refractivity contribution in [2.45, 2.75) is 17.1 Å². The summed E-state index contributed by atoms with van der Waals surface area (Å²) >= 11 is 1.29. The number of rotatable bonds is 5. The Hall–Kier alpha value is -2.41. The van der Waals surface area contributed by atoms with Crippen LogP contribution < -0.4 is 5.32 Å². The Bertz CT molecular complexity index is 674. The molecule has 1 N–H and O–H groups in total. The molecular weight excluding hydrogens is 307 g/mol. The number of thioether (sulfide) groups is 1. The minimum Gasteiger partial charge on any atom is -0.325 e. The lowest BCUT2D eigenvalue weighted by molar-refractivity contribution is -0.384. The molecule has 0 saturated heterocycles. The van der Waals surface area contributed by atoms with Crippen LogP contribution in [0.4, 0.5) is 15.8 Å². The van der Waals surface area contributed by atoms with Gasteiger partial charge in [-0.3, -0.25) is 14.9 Å². The molecule has 0 unspecified atom stereocenters. The van der Waals surface area contributed by atoms with Gasteiger partial charge in [-0.2, -0.15) is 0 Å². The first-order chi connectivity index (χ1) is 10.5. The number of nitro benzene ring substituents is 1. The molecule has 0 radical (unpaired) electrons. The standard InChI is InChI=1S/C15H13FN2O3S/c1-10(15(19)17-12-4-2-11(16)3-5-12)22-14-8-6-13(7-9-14)18(20)21/h2-10H,1H3,(H,17,19)/t10-/m0/s1. The molecule has 0 saturated carbocycles. The first-order valence-electron chi connectivity index (χ1n) is 6.43. The van der Waals surface area contributed by atoms with Crippen LogP contribution in [0.5, 0.6) is 0 Å². The van der Waals surface area contributed by atoms with Crippen LogP contribution in [-0.4, -0.2) is 16.1 Å². The summed E-state index contributed by atoms with van der Waals surface area (Å²) in [5, 5.41) is 12.9. The molecule has 2 rings (SSSR count). The van der Waals surface area contributed by atoms with E-state index < -0.39 is 10.2 Å². The largest absolute Gasteiger partial charge is 0.325 e. The molecule has 2 aromatic carbocycles. The molecule has 0 aliphatic heterocycles. The predicted octanol–water partition coefficient (Wildman–Crippen LogP) is 3.85. The van der Waals surface area contributed by atoms with Gasteiger partial charge in [-0.25, -0.2) is 4.39 Å². The van der Waals surface area contributed by atoms with Gasteiger partial charge in [0.05, 0.1) is 10.2 Å². The Morgan fingerprint density at radius 1 is 1.18 bits per heavy atom. The fraction of sp³-hybridized carbons (Fsp3) is 0.133. The second-order valence-corrected chi connectivity index (χ2v) is 5.92. The number of non-ortho nitro benzene ring substituents is 1. The second kappa shape index (κ2) is 7.04. The lowest BCUT2D eigenvalue weighted by Crippen LogP contribution is -2.22. The topological polar surface area (TPSA) is 72.2 Å². The number of nitrogens with one attached hydrogen (secondary N) is 1. The van der Waals surface area contributed by atoms with Crippen LogP contribution >= 0.6 is 11.8 Å². The number of hydrogen-bond acceptors (Lipinski definition) is 4. The van der Waals surface area contributed by atoms with Crippen LogP contribution in [0.1, 0.15) is 6.92 Å². The predicted molar refractivity (Wildman–Crippen MR) is 83.4 cm³/mol. The van der Waals surface area contributed by atoms with Gasteiger partial charge >= 0.3 is 0 Å². The van der Waals surface area contributed by atoms with E-state index in [2.05, 4.69) is 5.32 Å². The fourth-order valence-corrected chi connectivity index (χ4v) is 2.55. The lowest BCUT2D eigenvalue weighted by atomic mass is 10.3. The zero-order valence-corrected chi connectivity index (χ0v) is 12.5. The number of nitrogens with zero attached hydrogens (tertiary/aromatic N) is 1. The molecule has 0 spiro atoms. The van der Waals surface area contributed by atoms with E-state index in [1.165, 1.54) is 48.2 Å². The van der Waals surface area contributed by atoms with E-state index in [0.29, 0.717) is 5.69 Å². The molecule has 22 heavy (non-hydrogen) atoms. The number of amides is 1. The number of nitro groups is 1. The third-order valence-electron chi connectivity index (χ3n) is 2.84. The summed E-state index contributed by atoms with van der Waals surface area (Å²) in [7, 11) is 0. The first kappa shape index (κ1) is 16.0. The highest BCUT2D eigenvalue weighted by molar-refractivity contribution is 8.00. The van der Waals surface area contributed by atoms with Crippen molar-refractivity contribution in [3.8, 4) is 0 Å². The lowest BCUT2D eigenvalue weighted by Gasteiger charge is -2.12. The molecule has 7 heteroatoms. The van der Waals surface area contributed by atoms with Crippen LogP contribution in [0.2, 0.25) is 0 Å². The normalized spacial score (nSPS) is 11.7. The number of halogens is 1. The minimum atomic E-state index is -0.473.